The van der Waals surface area contributed by atoms with Gasteiger partial charge in [0.05, 0.1) is 10.0 Å². The maximum atomic E-state index is 11.8. The van der Waals surface area contributed by atoms with Crippen LogP contribution in [0.3, 0.4) is 0 Å². The summed E-state index contributed by atoms with van der Waals surface area (Å²) in [4.78, 5) is 24.4. The van der Waals surface area contributed by atoms with Crippen molar-refractivity contribution in [2.75, 3.05) is 11.4 Å². The number of aromatic hydroxyl groups is 1. The van der Waals surface area contributed by atoms with Gasteiger partial charge in [-0.2, -0.15) is 0 Å². The second kappa shape index (κ2) is 7.66. The van der Waals surface area contributed by atoms with Gasteiger partial charge in [-0.1, -0.05) is 37.0 Å². The molecule has 1 aliphatic heterocycles. The second-order valence-corrected chi connectivity index (χ2v) is 7.12. The fourth-order valence-electron chi connectivity index (χ4n) is 2.78. The van der Waals surface area contributed by atoms with Gasteiger partial charge in [-0.3, -0.25) is 15.0 Å². The molecule has 27 heavy (non-hydrogen) atoms. The molecule has 1 aliphatic rings. The average Bonchev–Trinajstić information content (AvgIpc) is 2.97. The van der Waals surface area contributed by atoms with E-state index in [9.17, 15) is 14.7 Å². The topological polar surface area (TPSA) is 78.9 Å². The van der Waals surface area contributed by atoms with E-state index >= 15 is 0 Å². The Morgan fingerprint density at radius 2 is 1.89 bits per heavy atom. The number of phenolic OH excluding ortho intramolecular Hbond substituents is 1. The molecular weight excluding hydrogens is 391 g/mol. The third-order valence-electron chi connectivity index (χ3n) is 4.45. The van der Waals surface area contributed by atoms with Crippen LogP contribution in [-0.4, -0.2) is 23.6 Å². The van der Waals surface area contributed by atoms with Gasteiger partial charge in [0.2, 0.25) is 5.91 Å². The van der Waals surface area contributed by atoms with Crippen molar-refractivity contribution in [1.29, 1.82) is 0 Å². The zero-order valence-corrected chi connectivity index (χ0v) is 16.3. The van der Waals surface area contributed by atoms with Crippen molar-refractivity contribution in [2.45, 2.75) is 26.2 Å². The molecule has 1 heterocycles. The largest absolute Gasteiger partial charge is 0.508 e. The third kappa shape index (κ3) is 3.96. The Hall–Kier alpha value is -2.44. The summed E-state index contributed by atoms with van der Waals surface area (Å²) in [6.07, 6.45) is 0.865. The van der Waals surface area contributed by atoms with Crippen LogP contribution in [-0.2, 0) is 4.79 Å². The van der Waals surface area contributed by atoms with Gasteiger partial charge < -0.3 is 9.84 Å². The minimum Gasteiger partial charge on any atom is -0.508 e. The molecule has 0 aliphatic carbocycles. The van der Waals surface area contributed by atoms with Crippen molar-refractivity contribution in [3.8, 4) is 17.2 Å². The van der Waals surface area contributed by atoms with E-state index < -0.39 is 11.9 Å². The Kier molecular flexibility index (Phi) is 5.48. The summed E-state index contributed by atoms with van der Waals surface area (Å²) in [5.74, 6) is 0.679. The number of benzene rings is 2. The number of amides is 3. The van der Waals surface area contributed by atoms with Crippen molar-refractivity contribution in [1.82, 2.24) is 5.32 Å². The van der Waals surface area contributed by atoms with Gasteiger partial charge in [0, 0.05) is 11.3 Å². The minimum atomic E-state index is -0.530. The predicted molar refractivity (Wildman–Crippen MR) is 104 cm³/mol. The molecule has 1 fully saturated rings. The molecule has 0 radical (unpaired) electrons. The van der Waals surface area contributed by atoms with Crippen molar-refractivity contribution in [2.24, 2.45) is 0 Å². The number of halogens is 2. The quantitative estimate of drug-likeness (QED) is 0.677. The molecule has 2 N–H and O–H groups in total. The molecule has 3 amide bonds. The Bertz CT molecular complexity index is 894. The maximum Gasteiger partial charge on any atom is 0.329 e. The summed E-state index contributed by atoms with van der Waals surface area (Å²) >= 11 is 12.6. The number of nitrogens with zero attached hydrogens (tertiary/aromatic N) is 1. The van der Waals surface area contributed by atoms with Gasteiger partial charge in [0.1, 0.15) is 18.0 Å². The zero-order chi connectivity index (χ0) is 19.7. The van der Waals surface area contributed by atoms with Crippen molar-refractivity contribution >= 4 is 40.8 Å². The standard InChI is InChI=1S/C19H18Cl2N2O4/c1-3-10(2)13-8-12(4-5-16(13)24)27-18-14(20)6-11(7-15(18)21)23-9-17(25)22-19(23)26/h4-8,10,24H,3,9H2,1-2H3,(H,22,25,26). The van der Waals surface area contributed by atoms with Crippen LogP contribution < -0.4 is 15.0 Å². The fraction of sp³-hybridized carbons (Fsp3) is 0.263. The summed E-state index contributed by atoms with van der Waals surface area (Å²) < 4.78 is 5.83. The number of carbonyl (C=O) groups is 2. The number of hydrogen-bond acceptors (Lipinski definition) is 4. The first-order valence-electron chi connectivity index (χ1n) is 8.41. The average molecular weight is 409 g/mol. The van der Waals surface area contributed by atoms with E-state index in [4.69, 9.17) is 27.9 Å². The summed E-state index contributed by atoms with van der Waals surface area (Å²) in [5, 5.41) is 12.6. The number of nitrogens with one attached hydrogen (secondary N) is 1. The molecule has 0 saturated carbocycles. The summed E-state index contributed by atoms with van der Waals surface area (Å²) in [5.41, 5.74) is 1.16. The molecule has 1 atom stereocenters. The number of carbonyl (C=O) groups excluding carboxylic acids is 2. The van der Waals surface area contributed by atoms with Crippen LogP contribution >= 0.6 is 23.2 Å². The first-order valence-corrected chi connectivity index (χ1v) is 9.17. The van der Waals surface area contributed by atoms with Crippen molar-refractivity contribution in [3.63, 3.8) is 0 Å². The van der Waals surface area contributed by atoms with E-state index in [0.29, 0.717) is 11.4 Å². The number of phenols is 1. The van der Waals surface area contributed by atoms with Crippen LogP contribution in [0.5, 0.6) is 17.2 Å². The molecule has 1 unspecified atom stereocenters. The van der Waals surface area contributed by atoms with Crippen LogP contribution in [0.25, 0.3) is 0 Å². The summed E-state index contributed by atoms with van der Waals surface area (Å²) in [6, 6.07) is 7.42. The van der Waals surface area contributed by atoms with Gasteiger partial charge in [0.25, 0.3) is 0 Å². The molecule has 0 spiro atoms. The van der Waals surface area contributed by atoms with E-state index in [-0.39, 0.29) is 34.0 Å². The SMILES string of the molecule is CCC(C)c1cc(Oc2c(Cl)cc(N3CC(=O)NC3=O)cc2Cl)ccc1O. The maximum absolute atomic E-state index is 11.8. The number of anilines is 1. The zero-order valence-electron chi connectivity index (χ0n) is 14.8. The number of ether oxygens (including phenoxy) is 1. The van der Waals surface area contributed by atoms with E-state index in [1.807, 2.05) is 13.8 Å². The highest BCUT2D eigenvalue weighted by Gasteiger charge is 2.29. The molecule has 0 bridgehead atoms. The van der Waals surface area contributed by atoms with Gasteiger partial charge in [0.15, 0.2) is 5.75 Å². The fourth-order valence-corrected chi connectivity index (χ4v) is 3.33. The Morgan fingerprint density at radius 1 is 1.22 bits per heavy atom. The van der Waals surface area contributed by atoms with Gasteiger partial charge in [-0.05, 0) is 42.7 Å². The van der Waals surface area contributed by atoms with Crippen LogP contribution in [0.1, 0.15) is 31.7 Å². The lowest BCUT2D eigenvalue weighted by Crippen LogP contribution is -2.27. The normalized spacial score (nSPS) is 15.0. The highest BCUT2D eigenvalue weighted by molar-refractivity contribution is 6.37. The summed E-state index contributed by atoms with van der Waals surface area (Å²) in [7, 11) is 0. The number of rotatable bonds is 5. The van der Waals surface area contributed by atoms with Crippen molar-refractivity contribution in [3.05, 3.63) is 45.9 Å². The minimum absolute atomic E-state index is 0.0953. The van der Waals surface area contributed by atoms with E-state index in [1.165, 1.54) is 17.0 Å². The monoisotopic (exact) mass is 408 g/mol. The third-order valence-corrected chi connectivity index (χ3v) is 5.01. The van der Waals surface area contributed by atoms with E-state index in [0.717, 1.165) is 12.0 Å². The highest BCUT2D eigenvalue weighted by atomic mass is 35.5. The summed E-state index contributed by atoms with van der Waals surface area (Å²) in [6.45, 7) is 3.95. The number of hydrogen-bond donors (Lipinski definition) is 2. The second-order valence-electron chi connectivity index (χ2n) is 6.31. The van der Waals surface area contributed by atoms with E-state index in [2.05, 4.69) is 5.32 Å². The number of urea groups is 1. The molecule has 1 saturated heterocycles. The Labute approximate surface area is 166 Å². The van der Waals surface area contributed by atoms with Crippen molar-refractivity contribution < 1.29 is 19.4 Å². The van der Waals surface area contributed by atoms with Gasteiger partial charge in [-0.25, -0.2) is 4.79 Å². The highest BCUT2D eigenvalue weighted by Crippen LogP contribution is 2.41. The van der Waals surface area contributed by atoms with Gasteiger partial charge in [-0.15, -0.1) is 0 Å². The van der Waals surface area contributed by atoms with Crippen LogP contribution in [0.15, 0.2) is 30.3 Å². The molecule has 3 rings (SSSR count). The molecule has 8 heteroatoms. The van der Waals surface area contributed by atoms with E-state index in [1.54, 1.807) is 18.2 Å². The number of imide groups is 1. The Morgan fingerprint density at radius 3 is 2.44 bits per heavy atom. The molecule has 6 nitrogen and oxygen atoms in total. The van der Waals surface area contributed by atoms with Gasteiger partial charge >= 0.3 is 6.03 Å². The Balaban J connectivity index is 1.90. The lowest BCUT2D eigenvalue weighted by Gasteiger charge is -2.17. The molecule has 0 aromatic heterocycles. The molecule has 2 aromatic rings. The first kappa shape index (κ1) is 19.3. The van der Waals surface area contributed by atoms with Crippen LogP contribution in [0.4, 0.5) is 10.5 Å². The van der Waals surface area contributed by atoms with Crippen LogP contribution in [0, 0.1) is 0 Å². The molecular formula is C19H18Cl2N2O4. The smallest absolute Gasteiger partial charge is 0.329 e. The lowest BCUT2D eigenvalue weighted by molar-refractivity contribution is -0.117. The lowest BCUT2D eigenvalue weighted by atomic mass is 9.97. The van der Waals surface area contributed by atoms with Crippen LogP contribution in [0.2, 0.25) is 10.0 Å². The molecule has 142 valence electrons. The first-order chi connectivity index (χ1) is 12.8. The molecule has 2 aromatic carbocycles. The predicted octanol–water partition coefficient (Wildman–Crippen LogP) is 5.06.